The molecule has 1 heterocycles. The Morgan fingerprint density at radius 2 is 0.867 bits per heavy atom. The number of carbonyl (C=O) groups is 4. The zero-order chi connectivity index (χ0) is 54.7. The van der Waals surface area contributed by atoms with E-state index in [1.54, 1.807) is 0 Å². The number of aliphatic hydroxyl groups is 2. The van der Waals surface area contributed by atoms with Gasteiger partial charge in [0.2, 0.25) is 0 Å². The highest BCUT2D eigenvalue weighted by molar-refractivity contribution is 5.74. The fourth-order valence-electron chi connectivity index (χ4n) is 8.71. The Labute approximate surface area is 455 Å². The summed E-state index contributed by atoms with van der Waals surface area (Å²) in [6, 6.07) is 0. The standard InChI is InChI=1S/C63H106O12/c1-4-7-10-13-16-19-22-25-27-28-30-33-36-39-42-45-48-51-57(66)74-61-59(68)58(67)60(62(69)70)75-63(61)72-53-54(73-56(65)50-47-44-41-38-35-31-24-21-18-15-12-9-6-3)52-71-55(64)49-46-43-40-37-34-32-29-26-23-20-17-14-11-8-5-2/h9,12,17-18,20-21,26,29,31,35,41,44,54,58-61,63,67-68H,4-8,10-11,13-16,19,22-25,27-28,30,32-34,36-40,42-43,45-53H2,1-3H3,(H,69,70)/b12-9-,20-17-,21-18-,29-26-,35-31-,44-41-. The Morgan fingerprint density at radius 1 is 0.453 bits per heavy atom. The van der Waals surface area contributed by atoms with Crippen LogP contribution in [0.2, 0.25) is 0 Å². The molecule has 6 unspecified atom stereocenters. The van der Waals surface area contributed by atoms with Gasteiger partial charge < -0.3 is 39.0 Å². The van der Waals surface area contributed by atoms with Gasteiger partial charge in [-0.1, -0.05) is 229 Å². The van der Waals surface area contributed by atoms with E-state index < -0.39 is 67.3 Å². The second-order valence-electron chi connectivity index (χ2n) is 20.3. The molecule has 430 valence electrons. The SMILES string of the molecule is CC/C=C\C/C=C\C/C=C\C/C=C\CCC(=O)OC(COC(=O)CCCCCCC/C=C\C/C=C\CCCCC)COC1OC(C(=O)O)C(O)C(O)C1OC(=O)CCCCCCCCCCCCCCCCCCC. The molecular weight excluding hydrogens is 949 g/mol. The molecule has 12 nitrogen and oxygen atoms in total. The lowest BCUT2D eigenvalue weighted by Gasteiger charge is -2.40. The number of allylic oxidation sites excluding steroid dienone is 12. The van der Waals surface area contributed by atoms with Gasteiger partial charge in [-0.25, -0.2) is 4.79 Å². The molecule has 0 spiro atoms. The lowest BCUT2D eigenvalue weighted by molar-refractivity contribution is -0.301. The third-order valence-electron chi connectivity index (χ3n) is 13.3. The zero-order valence-electron chi connectivity index (χ0n) is 47.3. The highest BCUT2D eigenvalue weighted by Crippen LogP contribution is 2.26. The third kappa shape index (κ3) is 41.0. The van der Waals surface area contributed by atoms with Crippen molar-refractivity contribution in [3.8, 4) is 0 Å². The van der Waals surface area contributed by atoms with Gasteiger partial charge in [-0.15, -0.1) is 0 Å². The molecule has 0 saturated carbocycles. The van der Waals surface area contributed by atoms with E-state index in [-0.39, 0.29) is 25.9 Å². The van der Waals surface area contributed by atoms with Crippen molar-refractivity contribution in [2.45, 2.75) is 289 Å². The van der Waals surface area contributed by atoms with E-state index >= 15 is 0 Å². The monoisotopic (exact) mass is 1050 g/mol. The van der Waals surface area contributed by atoms with E-state index in [4.69, 9.17) is 23.7 Å². The first kappa shape index (κ1) is 69.2. The van der Waals surface area contributed by atoms with Crippen LogP contribution in [0.5, 0.6) is 0 Å². The van der Waals surface area contributed by atoms with E-state index in [0.29, 0.717) is 25.7 Å². The summed E-state index contributed by atoms with van der Waals surface area (Å²) in [6.45, 7) is 5.79. The Balaban J connectivity index is 2.71. The molecule has 6 atom stereocenters. The summed E-state index contributed by atoms with van der Waals surface area (Å²) in [5, 5.41) is 31.5. The number of esters is 3. The summed E-state index contributed by atoms with van der Waals surface area (Å²) in [4.78, 5) is 51.1. The lowest BCUT2D eigenvalue weighted by atomic mass is 9.98. The molecular formula is C63H106O12. The maximum Gasteiger partial charge on any atom is 0.335 e. The number of aliphatic carboxylic acids is 1. The number of hydrogen-bond donors (Lipinski definition) is 3. The predicted molar refractivity (Wildman–Crippen MR) is 303 cm³/mol. The maximum atomic E-state index is 13.1. The van der Waals surface area contributed by atoms with Gasteiger partial charge in [0.05, 0.1) is 6.61 Å². The van der Waals surface area contributed by atoms with Crippen molar-refractivity contribution in [2.75, 3.05) is 13.2 Å². The van der Waals surface area contributed by atoms with Gasteiger partial charge in [0.15, 0.2) is 24.6 Å². The van der Waals surface area contributed by atoms with Crippen LogP contribution in [0.3, 0.4) is 0 Å². The molecule has 0 aromatic heterocycles. The van der Waals surface area contributed by atoms with Crippen molar-refractivity contribution in [2.24, 2.45) is 0 Å². The Bertz CT molecular complexity index is 1580. The minimum Gasteiger partial charge on any atom is -0.479 e. The molecule has 0 aliphatic carbocycles. The molecule has 1 aliphatic heterocycles. The first-order chi connectivity index (χ1) is 36.6. The number of aliphatic hydroxyl groups excluding tert-OH is 2. The van der Waals surface area contributed by atoms with Crippen LogP contribution in [-0.4, -0.2) is 89.2 Å². The smallest absolute Gasteiger partial charge is 0.335 e. The van der Waals surface area contributed by atoms with Gasteiger partial charge in [-0.05, 0) is 77.0 Å². The molecule has 12 heteroatoms. The fourth-order valence-corrected chi connectivity index (χ4v) is 8.71. The van der Waals surface area contributed by atoms with E-state index in [2.05, 4.69) is 81.5 Å². The molecule has 3 N–H and O–H groups in total. The summed E-state index contributed by atoms with van der Waals surface area (Å²) in [6.07, 6.45) is 51.7. The van der Waals surface area contributed by atoms with Gasteiger partial charge >= 0.3 is 23.9 Å². The van der Waals surface area contributed by atoms with Crippen molar-refractivity contribution < 1.29 is 58.2 Å². The second kappa shape index (κ2) is 50.9. The van der Waals surface area contributed by atoms with Crippen molar-refractivity contribution >= 4 is 23.9 Å². The first-order valence-corrected chi connectivity index (χ1v) is 29.9. The van der Waals surface area contributed by atoms with Crippen LogP contribution < -0.4 is 0 Å². The number of carbonyl (C=O) groups excluding carboxylic acids is 3. The van der Waals surface area contributed by atoms with Crippen LogP contribution in [0, 0.1) is 0 Å². The quantitative estimate of drug-likeness (QED) is 0.0228. The number of ether oxygens (including phenoxy) is 5. The second-order valence-corrected chi connectivity index (χ2v) is 20.3. The molecule has 1 aliphatic rings. The van der Waals surface area contributed by atoms with Crippen molar-refractivity contribution in [3.63, 3.8) is 0 Å². The predicted octanol–water partition coefficient (Wildman–Crippen LogP) is 15.3. The van der Waals surface area contributed by atoms with Crippen LogP contribution in [-0.2, 0) is 42.9 Å². The topological polar surface area (TPSA) is 175 Å². The molecule has 0 aromatic rings. The van der Waals surface area contributed by atoms with Gasteiger partial charge in [-0.2, -0.15) is 0 Å². The molecule has 1 saturated heterocycles. The summed E-state index contributed by atoms with van der Waals surface area (Å²) < 4.78 is 28.3. The number of carboxylic acids is 1. The van der Waals surface area contributed by atoms with Crippen LogP contribution in [0.15, 0.2) is 72.9 Å². The van der Waals surface area contributed by atoms with Crippen LogP contribution in [0.1, 0.15) is 252 Å². The minimum absolute atomic E-state index is 0.0379. The van der Waals surface area contributed by atoms with Gasteiger partial charge in [0.1, 0.15) is 18.8 Å². The highest BCUT2D eigenvalue weighted by atomic mass is 16.7. The van der Waals surface area contributed by atoms with Gasteiger partial charge in [-0.3, -0.25) is 14.4 Å². The summed E-state index contributed by atoms with van der Waals surface area (Å²) in [5.74, 6) is -3.24. The Hall–Kier alpha value is -3.84. The van der Waals surface area contributed by atoms with E-state index in [1.807, 2.05) is 12.2 Å². The van der Waals surface area contributed by atoms with E-state index in [1.165, 1.54) is 96.3 Å². The lowest BCUT2D eigenvalue weighted by Crippen LogP contribution is -2.61. The van der Waals surface area contributed by atoms with E-state index in [0.717, 1.165) is 89.9 Å². The summed E-state index contributed by atoms with van der Waals surface area (Å²) >= 11 is 0. The maximum absolute atomic E-state index is 13.1. The number of hydrogen-bond acceptors (Lipinski definition) is 11. The van der Waals surface area contributed by atoms with Crippen molar-refractivity contribution in [3.05, 3.63) is 72.9 Å². The van der Waals surface area contributed by atoms with Crippen molar-refractivity contribution in [1.29, 1.82) is 0 Å². The zero-order valence-corrected chi connectivity index (χ0v) is 47.3. The number of unbranched alkanes of at least 4 members (excludes halogenated alkanes) is 24. The molecule has 75 heavy (non-hydrogen) atoms. The fraction of sp³-hybridized carbons (Fsp3) is 0.746. The average Bonchev–Trinajstić information content (AvgIpc) is 3.39. The average molecular weight is 1060 g/mol. The molecule has 0 amide bonds. The highest BCUT2D eigenvalue weighted by Gasteiger charge is 2.50. The largest absolute Gasteiger partial charge is 0.479 e. The molecule has 1 fully saturated rings. The molecule has 0 bridgehead atoms. The Morgan fingerprint density at radius 3 is 1.36 bits per heavy atom. The molecule has 0 aromatic carbocycles. The first-order valence-electron chi connectivity index (χ1n) is 29.9. The summed E-state index contributed by atoms with van der Waals surface area (Å²) in [7, 11) is 0. The van der Waals surface area contributed by atoms with Gasteiger partial charge in [0, 0.05) is 19.3 Å². The third-order valence-corrected chi connectivity index (χ3v) is 13.3. The summed E-state index contributed by atoms with van der Waals surface area (Å²) in [5.41, 5.74) is 0. The Kier molecular flexibility index (Phi) is 47.0. The normalized spacial score (nSPS) is 18.7. The number of rotatable bonds is 50. The van der Waals surface area contributed by atoms with Crippen LogP contribution in [0.4, 0.5) is 0 Å². The minimum atomic E-state index is -1.91. The van der Waals surface area contributed by atoms with Gasteiger partial charge in [0.25, 0.3) is 0 Å². The van der Waals surface area contributed by atoms with E-state index in [9.17, 15) is 34.5 Å². The van der Waals surface area contributed by atoms with Crippen molar-refractivity contribution in [1.82, 2.24) is 0 Å². The molecule has 1 rings (SSSR count). The van der Waals surface area contributed by atoms with Crippen LogP contribution in [0.25, 0.3) is 0 Å². The number of carboxylic acid groups (broad SMARTS) is 1. The van der Waals surface area contributed by atoms with Crippen LogP contribution >= 0.6 is 0 Å². The molecule has 0 radical (unpaired) electrons.